The molecular weight excluding hydrogens is 353 g/mol. The molecule has 0 aromatic heterocycles. The highest BCUT2D eigenvalue weighted by atomic mass is 79.9. The maximum Gasteiger partial charge on any atom is 0.0562 e. The second-order valence-electron chi connectivity index (χ2n) is 3.71. The van der Waals surface area contributed by atoms with Crippen molar-refractivity contribution >= 4 is 56.6 Å². The van der Waals surface area contributed by atoms with Crippen molar-refractivity contribution in [3.8, 4) is 0 Å². The van der Waals surface area contributed by atoms with E-state index in [-0.39, 0.29) is 0 Å². The zero-order chi connectivity index (χ0) is 13.1. The predicted molar refractivity (Wildman–Crippen MR) is 84.6 cm³/mol. The Kier molecular flexibility index (Phi) is 4.84. The van der Waals surface area contributed by atoms with Gasteiger partial charge in [-0.05, 0) is 35.9 Å². The highest BCUT2D eigenvalue weighted by molar-refractivity contribution is 9.10. The van der Waals surface area contributed by atoms with Gasteiger partial charge in [-0.2, -0.15) is 0 Å². The van der Waals surface area contributed by atoms with Crippen LogP contribution in [0.3, 0.4) is 0 Å². The molecule has 0 unspecified atom stereocenters. The Morgan fingerprint density at radius 2 is 1.83 bits per heavy atom. The minimum Gasteiger partial charge on any atom is -0.399 e. The Hall–Kier alpha value is -0.350. The number of hydrogen-bond donors (Lipinski definition) is 1. The zero-order valence-electron chi connectivity index (χ0n) is 9.29. The first-order chi connectivity index (χ1) is 8.56. The number of anilines is 1. The van der Waals surface area contributed by atoms with E-state index < -0.39 is 0 Å². The van der Waals surface area contributed by atoms with Gasteiger partial charge in [-0.15, -0.1) is 11.8 Å². The second-order valence-corrected chi connectivity index (χ2v) is 6.46. The van der Waals surface area contributed by atoms with Crippen molar-refractivity contribution in [3.05, 3.63) is 56.5 Å². The van der Waals surface area contributed by atoms with Crippen LogP contribution in [0.15, 0.2) is 45.8 Å². The zero-order valence-corrected chi connectivity index (χ0v) is 13.2. The maximum atomic E-state index is 6.16. The van der Waals surface area contributed by atoms with E-state index in [0.29, 0.717) is 10.7 Å². The van der Waals surface area contributed by atoms with Gasteiger partial charge in [0.15, 0.2) is 0 Å². The van der Waals surface area contributed by atoms with E-state index in [1.807, 2.05) is 30.3 Å². The average molecular weight is 363 g/mol. The first kappa shape index (κ1) is 14.1. The Labute approximate surface area is 129 Å². The quantitative estimate of drug-likeness (QED) is 0.565. The highest BCUT2D eigenvalue weighted by Gasteiger charge is 2.05. The molecule has 0 atom stereocenters. The van der Waals surface area contributed by atoms with E-state index >= 15 is 0 Å². The fourth-order valence-corrected chi connectivity index (χ4v) is 3.52. The Bertz CT molecular complexity index is 523. The minimum atomic E-state index is 0.672. The van der Waals surface area contributed by atoms with Gasteiger partial charge in [-0.3, -0.25) is 0 Å². The van der Waals surface area contributed by atoms with Crippen molar-refractivity contribution in [2.24, 2.45) is 0 Å². The molecule has 0 amide bonds. The van der Waals surface area contributed by atoms with Gasteiger partial charge in [-0.1, -0.05) is 45.2 Å². The molecule has 2 aromatic rings. The Balaban J connectivity index is 2.11. The lowest BCUT2D eigenvalue weighted by Crippen LogP contribution is -1.86. The highest BCUT2D eigenvalue weighted by Crippen LogP contribution is 2.33. The van der Waals surface area contributed by atoms with E-state index in [1.54, 1.807) is 17.8 Å². The summed E-state index contributed by atoms with van der Waals surface area (Å²) < 4.78 is 0.978. The summed E-state index contributed by atoms with van der Waals surface area (Å²) in [4.78, 5) is 1.00. The molecule has 0 aliphatic carbocycles. The molecule has 94 valence electrons. The van der Waals surface area contributed by atoms with Crippen LogP contribution in [-0.2, 0) is 5.75 Å². The summed E-state index contributed by atoms with van der Waals surface area (Å²) in [5.74, 6) is 0.774. The summed E-state index contributed by atoms with van der Waals surface area (Å²) in [6.45, 7) is 0. The van der Waals surface area contributed by atoms with E-state index in [1.165, 1.54) is 0 Å². The lowest BCUT2D eigenvalue weighted by Gasteiger charge is -2.07. The molecule has 0 fully saturated rings. The van der Waals surface area contributed by atoms with Crippen LogP contribution in [0.4, 0.5) is 5.69 Å². The second kappa shape index (κ2) is 6.20. The maximum absolute atomic E-state index is 6.16. The van der Waals surface area contributed by atoms with Crippen molar-refractivity contribution in [2.75, 3.05) is 5.73 Å². The SMILES string of the molecule is Nc1ccc(SCc2ccc(Br)cc2Cl)c(Cl)c1. The van der Waals surface area contributed by atoms with Crippen LogP contribution in [0.25, 0.3) is 0 Å². The van der Waals surface area contributed by atoms with Crippen molar-refractivity contribution in [1.82, 2.24) is 0 Å². The van der Waals surface area contributed by atoms with Gasteiger partial charge >= 0.3 is 0 Å². The lowest BCUT2D eigenvalue weighted by molar-refractivity contribution is 1.37. The van der Waals surface area contributed by atoms with Gasteiger partial charge in [0.25, 0.3) is 0 Å². The normalized spacial score (nSPS) is 10.6. The molecule has 2 N–H and O–H groups in total. The Morgan fingerprint density at radius 3 is 2.50 bits per heavy atom. The van der Waals surface area contributed by atoms with Gasteiger partial charge in [0, 0.05) is 25.8 Å². The van der Waals surface area contributed by atoms with Crippen LogP contribution in [0.2, 0.25) is 10.0 Å². The van der Waals surface area contributed by atoms with E-state index in [0.717, 1.165) is 25.7 Å². The van der Waals surface area contributed by atoms with Gasteiger partial charge in [0.05, 0.1) is 5.02 Å². The van der Waals surface area contributed by atoms with Crippen LogP contribution < -0.4 is 5.73 Å². The fourth-order valence-electron chi connectivity index (χ4n) is 1.43. The Morgan fingerprint density at radius 1 is 1.06 bits per heavy atom. The van der Waals surface area contributed by atoms with Crippen LogP contribution in [-0.4, -0.2) is 0 Å². The lowest BCUT2D eigenvalue weighted by atomic mass is 10.2. The summed E-state index contributed by atoms with van der Waals surface area (Å²) in [6, 6.07) is 11.4. The molecule has 0 saturated carbocycles. The van der Waals surface area contributed by atoms with E-state index in [9.17, 15) is 0 Å². The number of nitrogens with two attached hydrogens (primary N) is 1. The molecule has 2 rings (SSSR count). The van der Waals surface area contributed by atoms with E-state index in [4.69, 9.17) is 28.9 Å². The number of thioether (sulfide) groups is 1. The van der Waals surface area contributed by atoms with E-state index in [2.05, 4.69) is 15.9 Å². The van der Waals surface area contributed by atoms with Gasteiger partial charge in [-0.25, -0.2) is 0 Å². The van der Waals surface area contributed by atoms with Crippen molar-refractivity contribution in [3.63, 3.8) is 0 Å². The number of halogens is 3. The topological polar surface area (TPSA) is 26.0 Å². The third-order valence-electron chi connectivity index (χ3n) is 2.35. The molecule has 0 saturated heterocycles. The van der Waals surface area contributed by atoms with Crippen LogP contribution >= 0.6 is 50.9 Å². The number of benzene rings is 2. The summed E-state index contributed by atoms with van der Waals surface area (Å²) in [5.41, 5.74) is 7.41. The third kappa shape index (κ3) is 3.58. The number of nitrogen functional groups attached to an aromatic ring is 1. The van der Waals surface area contributed by atoms with Crippen molar-refractivity contribution < 1.29 is 0 Å². The molecule has 1 nitrogen and oxygen atoms in total. The standard InChI is InChI=1S/C13H10BrCl2NS/c14-9-2-1-8(11(15)5-9)7-18-13-4-3-10(17)6-12(13)16/h1-6H,7,17H2. The first-order valence-electron chi connectivity index (χ1n) is 5.18. The average Bonchev–Trinajstić information content (AvgIpc) is 2.30. The summed E-state index contributed by atoms with van der Waals surface area (Å²) >= 11 is 17.3. The molecule has 0 aliphatic rings. The van der Waals surface area contributed by atoms with Gasteiger partial charge < -0.3 is 5.73 Å². The summed E-state index contributed by atoms with van der Waals surface area (Å²) in [5, 5.41) is 1.43. The molecule has 0 bridgehead atoms. The van der Waals surface area contributed by atoms with Gasteiger partial charge in [0.2, 0.25) is 0 Å². The molecule has 0 aliphatic heterocycles. The fraction of sp³-hybridized carbons (Fsp3) is 0.0769. The van der Waals surface area contributed by atoms with Gasteiger partial charge in [0.1, 0.15) is 0 Å². The molecular formula is C13H10BrCl2NS. The van der Waals surface area contributed by atoms with Crippen molar-refractivity contribution in [2.45, 2.75) is 10.6 Å². The number of rotatable bonds is 3. The minimum absolute atomic E-state index is 0.672. The molecule has 0 radical (unpaired) electrons. The first-order valence-corrected chi connectivity index (χ1v) is 7.71. The summed E-state index contributed by atoms with van der Waals surface area (Å²) in [7, 11) is 0. The van der Waals surface area contributed by atoms with Crippen molar-refractivity contribution in [1.29, 1.82) is 0 Å². The third-order valence-corrected chi connectivity index (χ3v) is 4.75. The summed E-state index contributed by atoms with van der Waals surface area (Å²) in [6.07, 6.45) is 0. The molecule has 5 heteroatoms. The molecule has 0 spiro atoms. The molecule has 0 heterocycles. The monoisotopic (exact) mass is 361 g/mol. The largest absolute Gasteiger partial charge is 0.399 e. The smallest absolute Gasteiger partial charge is 0.0562 e. The predicted octanol–water partition coefficient (Wildman–Crippen LogP) is 5.63. The van der Waals surface area contributed by atoms with Crippen LogP contribution in [0, 0.1) is 0 Å². The van der Waals surface area contributed by atoms with Crippen LogP contribution in [0.5, 0.6) is 0 Å². The molecule has 2 aromatic carbocycles. The number of hydrogen-bond acceptors (Lipinski definition) is 2. The molecule has 18 heavy (non-hydrogen) atoms. The van der Waals surface area contributed by atoms with Crippen LogP contribution in [0.1, 0.15) is 5.56 Å².